The molecule has 1 aromatic heterocycles. The smallest absolute Gasteiger partial charge is 0.162 e. The van der Waals surface area contributed by atoms with Gasteiger partial charge in [0.25, 0.3) is 0 Å². The van der Waals surface area contributed by atoms with Gasteiger partial charge in [0.05, 0.1) is 19.7 Å². The first kappa shape index (κ1) is 12.5. The minimum absolute atomic E-state index is 0.454. The lowest BCUT2D eigenvalue weighted by Crippen LogP contribution is -2.12. The van der Waals surface area contributed by atoms with E-state index in [0.29, 0.717) is 22.6 Å². The highest BCUT2D eigenvalue weighted by Gasteiger charge is 2.23. The molecule has 0 atom stereocenters. The van der Waals surface area contributed by atoms with Gasteiger partial charge >= 0.3 is 0 Å². The van der Waals surface area contributed by atoms with E-state index >= 15 is 0 Å². The van der Waals surface area contributed by atoms with Crippen LogP contribution in [-0.4, -0.2) is 24.2 Å². The molecule has 19 heavy (non-hydrogen) atoms. The lowest BCUT2D eigenvalue weighted by Gasteiger charge is -2.24. The average molecular weight is 279 g/mol. The van der Waals surface area contributed by atoms with Crippen LogP contribution in [0.25, 0.3) is 10.9 Å². The van der Waals surface area contributed by atoms with Crippen LogP contribution in [0, 0.1) is 0 Å². The monoisotopic (exact) mass is 278 g/mol. The Kier molecular flexibility index (Phi) is 3.19. The van der Waals surface area contributed by atoms with E-state index in [9.17, 15) is 0 Å². The summed E-state index contributed by atoms with van der Waals surface area (Å²) in [5, 5.41) is 1.27. The van der Waals surface area contributed by atoms with Crippen molar-refractivity contribution < 1.29 is 9.47 Å². The number of nitrogens with zero attached hydrogens (tertiary/aromatic N) is 2. The van der Waals surface area contributed by atoms with Gasteiger partial charge in [-0.05, 0) is 18.9 Å². The van der Waals surface area contributed by atoms with E-state index in [1.165, 1.54) is 6.42 Å². The van der Waals surface area contributed by atoms with E-state index in [-0.39, 0.29) is 0 Å². The highest BCUT2D eigenvalue weighted by Crippen LogP contribution is 2.38. The zero-order valence-corrected chi connectivity index (χ0v) is 11.7. The molecule has 0 spiro atoms. The molecule has 3 rings (SSSR count). The van der Waals surface area contributed by atoms with Gasteiger partial charge in [-0.3, -0.25) is 0 Å². The van der Waals surface area contributed by atoms with Crippen molar-refractivity contribution in [3.63, 3.8) is 0 Å². The number of halogens is 1. The molecule has 0 radical (unpaired) electrons. The molecule has 1 fully saturated rings. The van der Waals surface area contributed by atoms with Crippen LogP contribution in [0.5, 0.6) is 11.5 Å². The highest BCUT2D eigenvalue weighted by atomic mass is 35.5. The molecular formula is C14H15ClN2O2. The topological polar surface area (TPSA) is 44.2 Å². The Balaban J connectivity index is 2.17. The predicted octanol–water partition coefficient (Wildman–Crippen LogP) is 3.57. The van der Waals surface area contributed by atoms with E-state index in [0.717, 1.165) is 29.6 Å². The quantitative estimate of drug-likeness (QED) is 0.805. The number of hydrogen-bond acceptors (Lipinski definition) is 4. The van der Waals surface area contributed by atoms with Crippen molar-refractivity contribution in [2.24, 2.45) is 0 Å². The zero-order valence-electron chi connectivity index (χ0n) is 10.9. The summed E-state index contributed by atoms with van der Waals surface area (Å²) in [6.45, 7) is 0. The molecular weight excluding hydrogens is 264 g/mol. The van der Waals surface area contributed by atoms with Crippen LogP contribution in [0.15, 0.2) is 12.1 Å². The second-order valence-corrected chi connectivity index (χ2v) is 5.08. The Hall–Kier alpha value is -1.55. The number of aromatic nitrogens is 2. The van der Waals surface area contributed by atoms with Crippen molar-refractivity contribution >= 4 is 22.5 Å². The third-order valence-corrected chi connectivity index (χ3v) is 3.93. The first-order valence-electron chi connectivity index (χ1n) is 6.32. The summed E-state index contributed by atoms with van der Waals surface area (Å²) in [5.41, 5.74) is 0.805. The summed E-state index contributed by atoms with van der Waals surface area (Å²) in [4.78, 5) is 9.02. The van der Waals surface area contributed by atoms with Gasteiger partial charge in [0.2, 0.25) is 0 Å². The van der Waals surface area contributed by atoms with E-state index in [2.05, 4.69) is 9.97 Å². The molecule has 0 aliphatic heterocycles. The largest absolute Gasteiger partial charge is 0.493 e. The Morgan fingerprint density at radius 3 is 2.37 bits per heavy atom. The van der Waals surface area contributed by atoms with Gasteiger partial charge in [-0.2, -0.15) is 0 Å². The molecule has 1 heterocycles. The molecule has 100 valence electrons. The van der Waals surface area contributed by atoms with Crippen LogP contribution in [0.3, 0.4) is 0 Å². The minimum atomic E-state index is 0.454. The zero-order chi connectivity index (χ0) is 13.4. The lowest BCUT2D eigenvalue weighted by molar-refractivity contribution is 0.355. The van der Waals surface area contributed by atoms with Gasteiger partial charge in [-0.25, -0.2) is 9.97 Å². The molecule has 1 aromatic carbocycles. The van der Waals surface area contributed by atoms with Gasteiger partial charge in [0.1, 0.15) is 11.0 Å². The van der Waals surface area contributed by atoms with E-state index in [1.54, 1.807) is 14.2 Å². The Morgan fingerprint density at radius 1 is 1.11 bits per heavy atom. The molecule has 0 unspecified atom stereocenters. The molecule has 5 heteroatoms. The molecule has 1 saturated carbocycles. The number of hydrogen-bond donors (Lipinski definition) is 0. The van der Waals surface area contributed by atoms with Gasteiger partial charge in [-0.1, -0.05) is 18.0 Å². The van der Waals surface area contributed by atoms with Gasteiger partial charge < -0.3 is 9.47 Å². The molecule has 4 nitrogen and oxygen atoms in total. The molecule has 1 aliphatic carbocycles. The van der Waals surface area contributed by atoms with Crippen molar-refractivity contribution in [1.29, 1.82) is 0 Å². The molecule has 0 saturated heterocycles. The third kappa shape index (κ3) is 2.10. The van der Waals surface area contributed by atoms with Gasteiger partial charge in [-0.15, -0.1) is 0 Å². The SMILES string of the molecule is COc1cc2nc(C3CCC3)nc(Cl)c2cc1OC. The maximum atomic E-state index is 6.26. The minimum Gasteiger partial charge on any atom is -0.493 e. The second kappa shape index (κ2) is 4.85. The first-order valence-corrected chi connectivity index (χ1v) is 6.70. The van der Waals surface area contributed by atoms with Crippen LogP contribution < -0.4 is 9.47 Å². The maximum absolute atomic E-state index is 6.26. The van der Waals surface area contributed by atoms with Crippen molar-refractivity contribution in [3.05, 3.63) is 23.1 Å². The van der Waals surface area contributed by atoms with Crippen LogP contribution in [0.4, 0.5) is 0 Å². The molecule has 2 aromatic rings. The van der Waals surface area contributed by atoms with Crippen molar-refractivity contribution in [2.45, 2.75) is 25.2 Å². The fraction of sp³-hybridized carbons (Fsp3) is 0.429. The molecule has 0 bridgehead atoms. The fourth-order valence-corrected chi connectivity index (χ4v) is 2.52. The van der Waals surface area contributed by atoms with E-state index < -0.39 is 0 Å². The summed E-state index contributed by atoms with van der Waals surface area (Å²) in [6, 6.07) is 3.67. The highest BCUT2D eigenvalue weighted by molar-refractivity contribution is 6.34. The Labute approximate surface area is 116 Å². The summed E-state index contributed by atoms with van der Waals surface area (Å²) < 4.78 is 10.6. The predicted molar refractivity (Wildman–Crippen MR) is 74.2 cm³/mol. The summed E-state index contributed by atoms with van der Waals surface area (Å²) >= 11 is 6.26. The molecule has 1 aliphatic rings. The number of methoxy groups -OCH3 is 2. The second-order valence-electron chi connectivity index (χ2n) is 4.72. The van der Waals surface area contributed by atoms with Crippen LogP contribution in [0.2, 0.25) is 5.15 Å². The molecule has 0 N–H and O–H groups in total. The van der Waals surface area contributed by atoms with E-state index in [1.807, 2.05) is 12.1 Å². The fourth-order valence-electron chi connectivity index (χ4n) is 2.28. The number of fused-ring (bicyclic) bond motifs is 1. The number of benzene rings is 1. The van der Waals surface area contributed by atoms with Crippen molar-refractivity contribution in [3.8, 4) is 11.5 Å². The normalized spacial score (nSPS) is 15.3. The lowest BCUT2D eigenvalue weighted by atomic mass is 9.85. The van der Waals surface area contributed by atoms with E-state index in [4.69, 9.17) is 21.1 Å². The third-order valence-electron chi connectivity index (χ3n) is 3.64. The first-order chi connectivity index (χ1) is 9.22. The summed E-state index contributed by atoms with van der Waals surface area (Å²) in [6.07, 6.45) is 3.54. The summed E-state index contributed by atoms with van der Waals surface area (Å²) in [5.74, 6) is 2.59. The maximum Gasteiger partial charge on any atom is 0.162 e. The Bertz CT molecular complexity index is 626. The number of rotatable bonds is 3. The van der Waals surface area contributed by atoms with Gasteiger partial charge in [0, 0.05) is 17.4 Å². The van der Waals surface area contributed by atoms with Crippen LogP contribution in [-0.2, 0) is 0 Å². The van der Waals surface area contributed by atoms with Crippen molar-refractivity contribution in [2.75, 3.05) is 14.2 Å². The average Bonchev–Trinajstić information content (AvgIpc) is 2.35. The molecule has 0 amide bonds. The van der Waals surface area contributed by atoms with Crippen LogP contribution in [0.1, 0.15) is 31.0 Å². The standard InChI is InChI=1S/C14H15ClN2O2/c1-18-11-6-9-10(7-12(11)19-2)16-14(17-13(9)15)8-4-3-5-8/h6-8H,3-5H2,1-2H3. The number of ether oxygens (including phenoxy) is 2. The van der Waals surface area contributed by atoms with Crippen LogP contribution >= 0.6 is 11.6 Å². The van der Waals surface area contributed by atoms with Gasteiger partial charge in [0.15, 0.2) is 11.5 Å². The Morgan fingerprint density at radius 2 is 1.79 bits per heavy atom. The summed E-state index contributed by atoms with van der Waals surface area (Å²) in [7, 11) is 3.21. The van der Waals surface area contributed by atoms with Crippen molar-refractivity contribution in [1.82, 2.24) is 9.97 Å².